The summed E-state index contributed by atoms with van der Waals surface area (Å²) in [4.78, 5) is 10.6. The minimum atomic E-state index is -0.451. The van der Waals surface area contributed by atoms with Crippen molar-refractivity contribution in [2.24, 2.45) is 0 Å². The standard InChI is InChI=1S/C12H14O2/c1-3-4-10-5-7-11(8-6-10)12(9-13)14-2/h3,5-9,12H,1,4H2,2H3. The first-order valence-corrected chi connectivity index (χ1v) is 4.49. The number of methoxy groups -OCH3 is 1. The van der Waals surface area contributed by atoms with Crippen LogP contribution >= 0.6 is 0 Å². The summed E-state index contributed by atoms with van der Waals surface area (Å²) in [6.45, 7) is 3.66. The lowest BCUT2D eigenvalue weighted by molar-refractivity contribution is -0.116. The Morgan fingerprint density at radius 2 is 2.07 bits per heavy atom. The number of hydrogen-bond donors (Lipinski definition) is 0. The molecule has 0 radical (unpaired) electrons. The Morgan fingerprint density at radius 3 is 2.50 bits per heavy atom. The third kappa shape index (κ3) is 2.54. The molecule has 1 unspecified atom stereocenters. The zero-order valence-electron chi connectivity index (χ0n) is 8.27. The van der Waals surface area contributed by atoms with Crippen molar-refractivity contribution < 1.29 is 9.53 Å². The van der Waals surface area contributed by atoms with Gasteiger partial charge in [-0.25, -0.2) is 0 Å². The minimum absolute atomic E-state index is 0.451. The summed E-state index contributed by atoms with van der Waals surface area (Å²) in [5.41, 5.74) is 2.07. The van der Waals surface area contributed by atoms with Gasteiger partial charge in [0.25, 0.3) is 0 Å². The van der Waals surface area contributed by atoms with Crippen molar-refractivity contribution in [2.75, 3.05) is 7.11 Å². The number of carbonyl (C=O) groups excluding carboxylic acids is 1. The molecule has 0 saturated carbocycles. The summed E-state index contributed by atoms with van der Waals surface area (Å²) in [6.07, 6.45) is 3.04. The Hall–Kier alpha value is -1.41. The molecule has 0 aromatic heterocycles. The lowest BCUT2D eigenvalue weighted by Gasteiger charge is -2.08. The van der Waals surface area contributed by atoms with Crippen LogP contribution in [0.25, 0.3) is 0 Å². The van der Waals surface area contributed by atoms with E-state index in [1.807, 2.05) is 30.3 Å². The zero-order valence-corrected chi connectivity index (χ0v) is 8.27. The Bertz CT molecular complexity index is 301. The highest BCUT2D eigenvalue weighted by Gasteiger charge is 2.07. The molecule has 0 fully saturated rings. The van der Waals surface area contributed by atoms with Crippen molar-refractivity contribution in [3.8, 4) is 0 Å². The van der Waals surface area contributed by atoms with Crippen molar-refractivity contribution in [3.63, 3.8) is 0 Å². The van der Waals surface area contributed by atoms with Gasteiger partial charge in [-0.1, -0.05) is 30.3 Å². The molecular formula is C12H14O2. The molecule has 0 saturated heterocycles. The van der Waals surface area contributed by atoms with Crippen LogP contribution in [0, 0.1) is 0 Å². The van der Waals surface area contributed by atoms with Crippen LogP contribution in [0.4, 0.5) is 0 Å². The SMILES string of the molecule is C=CCc1ccc(C(C=O)OC)cc1. The first-order valence-electron chi connectivity index (χ1n) is 4.49. The van der Waals surface area contributed by atoms with E-state index in [0.717, 1.165) is 18.3 Å². The number of aldehydes is 1. The first kappa shape index (κ1) is 10.7. The number of ether oxygens (including phenoxy) is 1. The Balaban J connectivity index is 2.81. The summed E-state index contributed by atoms with van der Waals surface area (Å²) >= 11 is 0. The van der Waals surface area contributed by atoms with E-state index >= 15 is 0 Å². The maximum absolute atomic E-state index is 10.6. The van der Waals surface area contributed by atoms with E-state index in [2.05, 4.69) is 6.58 Å². The molecule has 2 heteroatoms. The smallest absolute Gasteiger partial charge is 0.153 e. The molecule has 0 N–H and O–H groups in total. The zero-order chi connectivity index (χ0) is 10.4. The van der Waals surface area contributed by atoms with E-state index in [1.165, 1.54) is 12.7 Å². The third-order valence-corrected chi connectivity index (χ3v) is 2.07. The predicted molar refractivity (Wildman–Crippen MR) is 56.2 cm³/mol. The van der Waals surface area contributed by atoms with Crippen LogP contribution in [0.15, 0.2) is 36.9 Å². The summed E-state index contributed by atoms with van der Waals surface area (Å²) in [7, 11) is 1.52. The Labute approximate surface area is 84.2 Å². The summed E-state index contributed by atoms with van der Waals surface area (Å²) in [6, 6.07) is 7.77. The second kappa shape index (κ2) is 5.35. The summed E-state index contributed by atoms with van der Waals surface area (Å²) < 4.78 is 5.00. The van der Waals surface area contributed by atoms with Crippen LogP contribution < -0.4 is 0 Å². The first-order chi connectivity index (χ1) is 6.81. The van der Waals surface area contributed by atoms with Crippen molar-refractivity contribution in [1.82, 2.24) is 0 Å². The quantitative estimate of drug-likeness (QED) is 0.526. The van der Waals surface area contributed by atoms with Crippen LogP contribution in [0.5, 0.6) is 0 Å². The summed E-state index contributed by atoms with van der Waals surface area (Å²) in [5.74, 6) is 0. The molecule has 0 aliphatic rings. The van der Waals surface area contributed by atoms with Gasteiger partial charge in [0.1, 0.15) is 6.10 Å². The average Bonchev–Trinajstić information content (AvgIpc) is 2.23. The van der Waals surface area contributed by atoms with E-state index in [4.69, 9.17) is 4.74 Å². The van der Waals surface area contributed by atoms with Gasteiger partial charge in [-0.3, -0.25) is 0 Å². The van der Waals surface area contributed by atoms with Crippen LogP contribution in [-0.2, 0) is 16.0 Å². The Morgan fingerprint density at radius 1 is 1.43 bits per heavy atom. The highest BCUT2D eigenvalue weighted by atomic mass is 16.5. The van der Waals surface area contributed by atoms with E-state index in [0.29, 0.717) is 0 Å². The second-order valence-corrected chi connectivity index (χ2v) is 3.03. The van der Waals surface area contributed by atoms with Crippen LogP contribution in [0.1, 0.15) is 17.2 Å². The molecule has 0 amide bonds. The summed E-state index contributed by atoms with van der Waals surface area (Å²) in [5, 5.41) is 0. The predicted octanol–water partition coefficient (Wildman–Crippen LogP) is 2.30. The van der Waals surface area contributed by atoms with Crippen LogP contribution in [0.2, 0.25) is 0 Å². The maximum Gasteiger partial charge on any atom is 0.153 e. The van der Waals surface area contributed by atoms with E-state index in [1.54, 1.807) is 0 Å². The molecule has 1 aromatic carbocycles. The molecule has 0 aliphatic carbocycles. The van der Waals surface area contributed by atoms with Gasteiger partial charge < -0.3 is 9.53 Å². The van der Waals surface area contributed by atoms with Gasteiger partial charge in [0.2, 0.25) is 0 Å². The van der Waals surface area contributed by atoms with Crippen molar-refractivity contribution >= 4 is 6.29 Å². The van der Waals surface area contributed by atoms with E-state index < -0.39 is 6.10 Å². The maximum atomic E-state index is 10.6. The number of benzene rings is 1. The molecule has 0 heterocycles. The monoisotopic (exact) mass is 190 g/mol. The van der Waals surface area contributed by atoms with Gasteiger partial charge in [0.15, 0.2) is 6.29 Å². The molecule has 0 aliphatic heterocycles. The van der Waals surface area contributed by atoms with Gasteiger partial charge in [-0.15, -0.1) is 6.58 Å². The topological polar surface area (TPSA) is 26.3 Å². The van der Waals surface area contributed by atoms with Crippen molar-refractivity contribution in [2.45, 2.75) is 12.5 Å². The van der Waals surface area contributed by atoms with Gasteiger partial charge in [0, 0.05) is 7.11 Å². The highest BCUT2D eigenvalue weighted by Crippen LogP contribution is 2.15. The highest BCUT2D eigenvalue weighted by molar-refractivity contribution is 5.59. The lowest BCUT2D eigenvalue weighted by atomic mass is 10.1. The molecule has 2 nitrogen and oxygen atoms in total. The fourth-order valence-corrected chi connectivity index (χ4v) is 1.28. The van der Waals surface area contributed by atoms with Crippen LogP contribution in [0.3, 0.4) is 0 Å². The van der Waals surface area contributed by atoms with Crippen molar-refractivity contribution in [3.05, 3.63) is 48.0 Å². The third-order valence-electron chi connectivity index (χ3n) is 2.07. The average molecular weight is 190 g/mol. The molecular weight excluding hydrogens is 176 g/mol. The van der Waals surface area contributed by atoms with E-state index in [-0.39, 0.29) is 0 Å². The minimum Gasteiger partial charge on any atom is -0.369 e. The fourth-order valence-electron chi connectivity index (χ4n) is 1.28. The van der Waals surface area contributed by atoms with Gasteiger partial charge in [-0.2, -0.15) is 0 Å². The molecule has 74 valence electrons. The number of carbonyl (C=O) groups is 1. The van der Waals surface area contributed by atoms with Crippen LogP contribution in [-0.4, -0.2) is 13.4 Å². The molecule has 1 atom stereocenters. The normalized spacial score (nSPS) is 12.1. The molecule has 14 heavy (non-hydrogen) atoms. The largest absolute Gasteiger partial charge is 0.369 e. The van der Waals surface area contributed by atoms with Gasteiger partial charge >= 0.3 is 0 Å². The molecule has 1 rings (SSSR count). The number of hydrogen-bond acceptors (Lipinski definition) is 2. The Kier molecular flexibility index (Phi) is 4.08. The molecule has 0 spiro atoms. The van der Waals surface area contributed by atoms with Gasteiger partial charge in [0.05, 0.1) is 0 Å². The molecule has 1 aromatic rings. The number of rotatable bonds is 5. The lowest BCUT2D eigenvalue weighted by Crippen LogP contribution is -2.02. The van der Waals surface area contributed by atoms with Gasteiger partial charge in [-0.05, 0) is 17.5 Å². The molecule has 0 bridgehead atoms. The van der Waals surface area contributed by atoms with E-state index in [9.17, 15) is 4.79 Å². The second-order valence-electron chi connectivity index (χ2n) is 3.03. The number of allylic oxidation sites excluding steroid dienone is 1. The fraction of sp³-hybridized carbons (Fsp3) is 0.250. The van der Waals surface area contributed by atoms with Crippen molar-refractivity contribution in [1.29, 1.82) is 0 Å².